The standard InChI is InChI=1S/C43H43Cl2N11O5/c1-61-35-10-7-29(23-34(35)54-17-13-36(57)49-43(54)60)39(58)53-15-11-28(12-16-53)26-52-21-19-51(20-22-52)25-27-5-8-30(9-6-27)48-41-47-24-31-38(50-41)55-18-14-46-42(55)56(40(31)59)37-32(44)3-2-4-33(37)45/h2-10,14,18,23-24,28H,11-13,15-17,19-22,25-26H2,1H3,(H,47,48,50)(H,49,57,60). The van der Waals surface area contributed by atoms with Gasteiger partial charge in [-0.05, 0) is 66.8 Å². The van der Waals surface area contributed by atoms with Crippen LogP contribution in [0.25, 0.3) is 22.5 Å². The Labute approximate surface area is 360 Å². The first-order valence-corrected chi connectivity index (χ1v) is 21.0. The molecule has 0 saturated carbocycles. The first-order valence-electron chi connectivity index (χ1n) is 20.2. The summed E-state index contributed by atoms with van der Waals surface area (Å²) in [4.78, 5) is 73.4. The molecule has 0 radical (unpaired) electrons. The molecule has 6 heterocycles. The minimum Gasteiger partial charge on any atom is -0.495 e. The lowest BCUT2D eigenvalue weighted by Gasteiger charge is -2.39. The van der Waals surface area contributed by atoms with Crippen molar-refractivity contribution in [1.29, 1.82) is 0 Å². The Hall–Kier alpha value is -6.07. The second kappa shape index (κ2) is 17.1. The van der Waals surface area contributed by atoms with Gasteiger partial charge in [-0.2, -0.15) is 4.98 Å². The van der Waals surface area contributed by atoms with Gasteiger partial charge in [-0.25, -0.2) is 19.3 Å². The number of hydrogen-bond acceptors (Lipinski definition) is 11. The van der Waals surface area contributed by atoms with Gasteiger partial charge in [0.25, 0.3) is 11.5 Å². The summed E-state index contributed by atoms with van der Waals surface area (Å²) in [5, 5.41) is 6.54. The molecule has 61 heavy (non-hydrogen) atoms. The number of carbonyl (C=O) groups is 3. The van der Waals surface area contributed by atoms with E-state index in [1.54, 1.807) is 53.2 Å². The molecule has 3 saturated heterocycles. The summed E-state index contributed by atoms with van der Waals surface area (Å²) in [6.07, 6.45) is 6.86. The normalized spacial score (nSPS) is 17.0. The number of amides is 4. The molecular formula is C43H43Cl2N11O5. The fourth-order valence-corrected chi connectivity index (χ4v) is 8.98. The van der Waals surface area contributed by atoms with Crippen molar-refractivity contribution >= 4 is 75.2 Å². The molecule has 16 nitrogen and oxygen atoms in total. The monoisotopic (exact) mass is 863 g/mol. The van der Waals surface area contributed by atoms with Gasteiger partial charge in [0.1, 0.15) is 11.1 Å². The number of benzene rings is 3. The van der Waals surface area contributed by atoms with E-state index in [4.69, 9.17) is 32.9 Å². The highest BCUT2D eigenvalue weighted by Crippen LogP contribution is 2.33. The molecule has 314 valence electrons. The predicted molar refractivity (Wildman–Crippen MR) is 232 cm³/mol. The molecule has 18 heteroatoms. The second-order valence-electron chi connectivity index (χ2n) is 15.5. The Morgan fingerprint density at radius 3 is 2.36 bits per heavy atom. The van der Waals surface area contributed by atoms with Gasteiger partial charge in [0.05, 0.1) is 28.5 Å². The number of rotatable bonds is 10. The van der Waals surface area contributed by atoms with E-state index in [2.05, 4.69) is 42.5 Å². The van der Waals surface area contributed by atoms with Crippen LogP contribution in [0.15, 0.2) is 84.0 Å². The average molecular weight is 865 g/mol. The van der Waals surface area contributed by atoms with Gasteiger partial charge < -0.3 is 19.9 Å². The number of piperidine rings is 1. The van der Waals surface area contributed by atoms with E-state index in [1.807, 2.05) is 17.0 Å². The van der Waals surface area contributed by atoms with E-state index in [9.17, 15) is 19.2 Å². The number of para-hydroxylation sites is 1. The SMILES string of the molecule is COc1ccc(C(=O)N2CCC(CN3CCN(Cc4ccc(Nc5ncc6c(=O)n(-c7c(Cl)cccc7Cl)c7nccn7c6n5)cc4)CC3)CC2)cc1N1CCC(=O)NC1=O. The van der Waals surface area contributed by atoms with Crippen molar-refractivity contribution in [2.45, 2.75) is 25.8 Å². The Bertz CT molecular complexity index is 2690. The number of piperazine rings is 1. The van der Waals surface area contributed by atoms with Crippen LogP contribution in [0.3, 0.4) is 0 Å². The summed E-state index contributed by atoms with van der Waals surface area (Å²) in [7, 11) is 1.52. The van der Waals surface area contributed by atoms with Crippen LogP contribution < -0.4 is 25.8 Å². The van der Waals surface area contributed by atoms with Crippen molar-refractivity contribution in [3.05, 3.63) is 111 Å². The molecule has 0 unspecified atom stereocenters. The zero-order chi connectivity index (χ0) is 42.2. The minimum atomic E-state index is -0.519. The topological polar surface area (TPSA) is 163 Å². The van der Waals surface area contributed by atoms with E-state index in [0.29, 0.717) is 69.1 Å². The Kier molecular flexibility index (Phi) is 11.3. The lowest BCUT2D eigenvalue weighted by Crippen LogP contribution is -2.49. The molecular weight excluding hydrogens is 821 g/mol. The van der Waals surface area contributed by atoms with Crippen LogP contribution in [0.1, 0.15) is 35.2 Å². The third kappa shape index (κ3) is 8.23. The van der Waals surface area contributed by atoms with Gasteiger partial charge >= 0.3 is 6.03 Å². The van der Waals surface area contributed by atoms with Gasteiger partial charge in [0.2, 0.25) is 17.6 Å². The van der Waals surface area contributed by atoms with E-state index >= 15 is 0 Å². The number of nitrogens with zero attached hydrogens (tertiary/aromatic N) is 9. The fourth-order valence-electron chi connectivity index (χ4n) is 8.41. The van der Waals surface area contributed by atoms with Crippen LogP contribution in [0.2, 0.25) is 10.0 Å². The molecule has 3 aliphatic rings. The van der Waals surface area contributed by atoms with Crippen molar-refractivity contribution in [3.8, 4) is 11.4 Å². The molecule has 3 aromatic heterocycles. The van der Waals surface area contributed by atoms with E-state index in [-0.39, 0.29) is 35.7 Å². The number of fused-ring (bicyclic) bond motifs is 3. The summed E-state index contributed by atoms with van der Waals surface area (Å²) in [6.45, 7) is 7.36. The van der Waals surface area contributed by atoms with Gasteiger partial charge in [-0.15, -0.1) is 0 Å². The molecule has 0 aliphatic carbocycles. The third-order valence-corrected chi connectivity index (χ3v) is 12.3. The quantitative estimate of drug-likeness (QED) is 0.176. The van der Waals surface area contributed by atoms with Crippen molar-refractivity contribution in [1.82, 2.24) is 43.9 Å². The Morgan fingerprint density at radius 1 is 0.902 bits per heavy atom. The van der Waals surface area contributed by atoms with Crippen molar-refractivity contribution in [2.24, 2.45) is 5.92 Å². The van der Waals surface area contributed by atoms with Gasteiger partial charge in [0, 0.05) is 95.2 Å². The number of ether oxygens (including phenoxy) is 1. The van der Waals surface area contributed by atoms with Crippen LogP contribution >= 0.6 is 23.2 Å². The number of hydrogen-bond donors (Lipinski definition) is 2. The van der Waals surface area contributed by atoms with Crippen molar-refractivity contribution in [2.75, 3.05) is 69.7 Å². The molecule has 9 rings (SSSR count). The molecule has 0 atom stereocenters. The minimum absolute atomic E-state index is 0.0691. The lowest BCUT2D eigenvalue weighted by molar-refractivity contribution is -0.120. The number of carbonyl (C=O) groups excluding carboxylic acids is 3. The number of halogens is 2. The third-order valence-electron chi connectivity index (χ3n) is 11.7. The summed E-state index contributed by atoms with van der Waals surface area (Å²) in [6, 6.07) is 17.9. The molecule has 3 aliphatic heterocycles. The van der Waals surface area contributed by atoms with Crippen molar-refractivity contribution < 1.29 is 19.1 Å². The summed E-state index contributed by atoms with van der Waals surface area (Å²) in [5.41, 5.74) is 3.35. The highest BCUT2D eigenvalue weighted by molar-refractivity contribution is 6.37. The number of nitrogens with one attached hydrogen (secondary N) is 2. The maximum atomic E-state index is 13.7. The molecule has 0 bridgehead atoms. The number of methoxy groups -OCH3 is 1. The average Bonchev–Trinajstić information content (AvgIpc) is 3.76. The summed E-state index contributed by atoms with van der Waals surface area (Å²) in [5.74, 6) is 1.26. The largest absolute Gasteiger partial charge is 0.495 e. The second-order valence-corrected chi connectivity index (χ2v) is 16.3. The van der Waals surface area contributed by atoms with Crippen LogP contribution in [0, 0.1) is 5.92 Å². The van der Waals surface area contributed by atoms with Gasteiger partial charge in [-0.3, -0.25) is 33.9 Å². The molecule has 6 aromatic rings. The molecule has 2 N–H and O–H groups in total. The van der Waals surface area contributed by atoms with Gasteiger partial charge in [0.15, 0.2) is 5.65 Å². The van der Waals surface area contributed by atoms with Crippen LogP contribution in [-0.4, -0.2) is 116 Å². The molecule has 3 aromatic carbocycles. The summed E-state index contributed by atoms with van der Waals surface area (Å²) < 4.78 is 8.57. The van der Waals surface area contributed by atoms with Crippen LogP contribution in [0.5, 0.6) is 5.75 Å². The maximum absolute atomic E-state index is 13.7. The number of likely N-dealkylation sites (tertiary alicyclic amines) is 1. The zero-order valence-electron chi connectivity index (χ0n) is 33.4. The number of aromatic nitrogens is 5. The van der Waals surface area contributed by atoms with E-state index in [1.165, 1.54) is 28.3 Å². The Balaban J connectivity index is 0.759. The molecule has 4 amide bonds. The number of urea groups is 1. The van der Waals surface area contributed by atoms with Crippen molar-refractivity contribution in [3.63, 3.8) is 0 Å². The predicted octanol–water partition coefficient (Wildman–Crippen LogP) is 5.60. The first-order chi connectivity index (χ1) is 29.6. The number of imide groups is 1. The van der Waals surface area contributed by atoms with Gasteiger partial charge in [-0.1, -0.05) is 41.4 Å². The first kappa shape index (κ1) is 40.3. The van der Waals surface area contributed by atoms with Crippen LogP contribution in [0.4, 0.5) is 22.1 Å². The zero-order valence-corrected chi connectivity index (χ0v) is 34.9. The highest BCUT2D eigenvalue weighted by atomic mass is 35.5. The fraction of sp³-hybridized carbons (Fsp3) is 0.326. The Morgan fingerprint density at radius 2 is 1.64 bits per heavy atom. The smallest absolute Gasteiger partial charge is 0.328 e. The summed E-state index contributed by atoms with van der Waals surface area (Å²) >= 11 is 13.0. The van der Waals surface area contributed by atoms with E-state index < -0.39 is 6.03 Å². The number of anilines is 3. The number of imidazole rings is 1. The molecule has 3 fully saturated rings. The molecule has 0 spiro atoms. The maximum Gasteiger partial charge on any atom is 0.328 e. The van der Waals surface area contributed by atoms with E-state index in [0.717, 1.165) is 57.8 Å². The lowest BCUT2D eigenvalue weighted by atomic mass is 9.95. The van der Waals surface area contributed by atoms with Crippen LogP contribution in [-0.2, 0) is 11.3 Å². The highest BCUT2D eigenvalue weighted by Gasteiger charge is 2.30.